The zero-order valence-electron chi connectivity index (χ0n) is 10.7. The van der Waals surface area contributed by atoms with E-state index in [9.17, 15) is 8.42 Å². The molecule has 2 aromatic rings. The lowest BCUT2D eigenvalue weighted by Gasteiger charge is -2.05. The van der Waals surface area contributed by atoms with E-state index in [2.05, 4.69) is 4.72 Å². The fourth-order valence-electron chi connectivity index (χ4n) is 1.63. The Labute approximate surface area is 127 Å². The van der Waals surface area contributed by atoms with Crippen molar-refractivity contribution < 1.29 is 8.42 Å². The standard InChI is InChI=1S/C13H15ClN2O2S2/c14-11-3-1-10(2-4-11)9-16-20(17,18)13-6-5-12(19-13)7-8-15/h1-6,16H,7-9,15H2. The van der Waals surface area contributed by atoms with Gasteiger partial charge >= 0.3 is 0 Å². The molecule has 7 heteroatoms. The van der Waals surface area contributed by atoms with Gasteiger partial charge in [0.2, 0.25) is 10.0 Å². The number of rotatable bonds is 6. The second-order valence-electron chi connectivity index (χ2n) is 4.21. The third kappa shape index (κ3) is 4.04. The van der Waals surface area contributed by atoms with E-state index >= 15 is 0 Å². The van der Waals surface area contributed by atoms with Crippen LogP contribution in [0.5, 0.6) is 0 Å². The first-order chi connectivity index (χ1) is 9.51. The van der Waals surface area contributed by atoms with Crippen LogP contribution in [-0.2, 0) is 23.0 Å². The zero-order chi connectivity index (χ0) is 14.6. The van der Waals surface area contributed by atoms with Gasteiger partial charge in [0.15, 0.2) is 0 Å². The van der Waals surface area contributed by atoms with E-state index in [1.165, 1.54) is 11.3 Å². The number of hydrogen-bond acceptors (Lipinski definition) is 4. The Hall–Kier alpha value is -0.920. The average Bonchev–Trinajstić information content (AvgIpc) is 2.88. The molecule has 1 heterocycles. The van der Waals surface area contributed by atoms with Gasteiger partial charge in [-0.1, -0.05) is 23.7 Å². The summed E-state index contributed by atoms with van der Waals surface area (Å²) in [6, 6.07) is 10.5. The number of nitrogens with two attached hydrogens (primary N) is 1. The van der Waals surface area contributed by atoms with E-state index in [-0.39, 0.29) is 6.54 Å². The van der Waals surface area contributed by atoms with Gasteiger partial charge in [0, 0.05) is 16.4 Å². The minimum atomic E-state index is -3.47. The van der Waals surface area contributed by atoms with Crippen LogP contribution in [0.15, 0.2) is 40.6 Å². The molecule has 3 N–H and O–H groups in total. The number of nitrogens with one attached hydrogen (secondary N) is 1. The topological polar surface area (TPSA) is 72.2 Å². The molecule has 1 aromatic heterocycles. The highest BCUT2D eigenvalue weighted by Gasteiger charge is 2.16. The fraction of sp³-hybridized carbons (Fsp3) is 0.231. The van der Waals surface area contributed by atoms with E-state index in [1.807, 2.05) is 0 Å². The predicted octanol–water partition coefficient (Wildman–Crippen LogP) is 2.38. The molecular weight excluding hydrogens is 316 g/mol. The Morgan fingerprint density at radius 3 is 2.50 bits per heavy atom. The molecule has 4 nitrogen and oxygen atoms in total. The molecule has 0 aliphatic rings. The van der Waals surface area contributed by atoms with Gasteiger partial charge in [-0.2, -0.15) is 0 Å². The van der Waals surface area contributed by atoms with Gasteiger partial charge < -0.3 is 5.73 Å². The number of thiophene rings is 1. The van der Waals surface area contributed by atoms with Crippen LogP contribution in [0.25, 0.3) is 0 Å². The zero-order valence-corrected chi connectivity index (χ0v) is 13.1. The van der Waals surface area contributed by atoms with Crippen LogP contribution in [0.1, 0.15) is 10.4 Å². The highest BCUT2D eigenvalue weighted by molar-refractivity contribution is 7.91. The molecule has 0 aliphatic heterocycles. The van der Waals surface area contributed by atoms with Crippen molar-refractivity contribution in [3.05, 3.63) is 51.9 Å². The maximum absolute atomic E-state index is 12.1. The third-order valence-corrected chi connectivity index (χ3v) is 5.96. The van der Waals surface area contributed by atoms with Crippen molar-refractivity contribution in [3.8, 4) is 0 Å². The normalized spacial score (nSPS) is 11.7. The van der Waals surface area contributed by atoms with E-state index in [0.29, 0.717) is 22.2 Å². The smallest absolute Gasteiger partial charge is 0.250 e. The summed E-state index contributed by atoms with van der Waals surface area (Å²) in [5.74, 6) is 0. The Balaban J connectivity index is 2.04. The lowest BCUT2D eigenvalue weighted by atomic mass is 10.2. The van der Waals surface area contributed by atoms with Crippen molar-refractivity contribution in [3.63, 3.8) is 0 Å². The van der Waals surface area contributed by atoms with Gasteiger partial charge in [0.1, 0.15) is 4.21 Å². The molecule has 0 bridgehead atoms. The molecule has 1 aromatic carbocycles. The largest absolute Gasteiger partial charge is 0.330 e. The molecule has 0 fully saturated rings. The summed E-state index contributed by atoms with van der Waals surface area (Å²) in [7, 11) is -3.47. The highest BCUT2D eigenvalue weighted by Crippen LogP contribution is 2.22. The summed E-state index contributed by atoms with van der Waals surface area (Å²) in [5.41, 5.74) is 6.31. The fourth-order valence-corrected chi connectivity index (χ4v) is 4.19. The van der Waals surface area contributed by atoms with Crippen molar-refractivity contribution in [2.24, 2.45) is 5.73 Å². The van der Waals surface area contributed by atoms with Crippen molar-refractivity contribution in [2.75, 3.05) is 6.54 Å². The van der Waals surface area contributed by atoms with Crippen LogP contribution in [-0.4, -0.2) is 15.0 Å². The predicted molar refractivity (Wildman–Crippen MR) is 82.6 cm³/mol. The van der Waals surface area contributed by atoms with Crippen molar-refractivity contribution >= 4 is 33.0 Å². The molecule has 0 atom stereocenters. The third-order valence-electron chi connectivity index (χ3n) is 2.67. The van der Waals surface area contributed by atoms with Gasteiger partial charge in [-0.25, -0.2) is 13.1 Å². The van der Waals surface area contributed by atoms with Crippen LogP contribution < -0.4 is 10.5 Å². The Morgan fingerprint density at radius 1 is 1.15 bits per heavy atom. The minimum Gasteiger partial charge on any atom is -0.330 e. The number of halogens is 1. The van der Waals surface area contributed by atoms with Crippen LogP contribution in [0, 0.1) is 0 Å². The lowest BCUT2D eigenvalue weighted by molar-refractivity contribution is 0.583. The van der Waals surface area contributed by atoms with Crippen molar-refractivity contribution in [2.45, 2.75) is 17.2 Å². The molecule has 0 saturated carbocycles. The second kappa shape index (κ2) is 6.69. The summed E-state index contributed by atoms with van der Waals surface area (Å²) in [6.45, 7) is 0.752. The quantitative estimate of drug-likeness (QED) is 0.854. The monoisotopic (exact) mass is 330 g/mol. The highest BCUT2D eigenvalue weighted by atomic mass is 35.5. The van der Waals surface area contributed by atoms with E-state index < -0.39 is 10.0 Å². The lowest BCUT2D eigenvalue weighted by Crippen LogP contribution is -2.22. The van der Waals surface area contributed by atoms with Crippen molar-refractivity contribution in [1.29, 1.82) is 0 Å². The first-order valence-electron chi connectivity index (χ1n) is 6.04. The molecule has 0 spiro atoms. The van der Waals surface area contributed by atoms with Gasteiger partial charge in [-0.15, -0.1) is 11.3 Å². The van der Waals surface area contributed by atoms with Gasteiger partial charge in [0.05, 0.1) is 0 Å². The molecule has 108 valence electrons. The van der Waals surface area contributed by atoms with E-state index in [1.54, 1.807) is 36.4 Å². The number of hydrogen-bond donors (Lipinski definition) is 2. The summed E-state index contributed by atoms with van der Waals surface area (Å²) >= 11 is 7.03. The summed E-state index contributed by atoms with van der Waals surface area (Å²) < 4.78 is 27.2. The molecule has 2 rings (SSSR count). The molecule has 0 amide bonds. The maximum atomic E-state index is 12.1. The molecule has 0 radical (unpaired) electrons. The Bertz CT molecular complexity index is 666. The molecule has 0 saturated heterocycles. The maximum Gasteiger partial charge on any atom is 0.250 e. The first-order valence-corrected chi connectivity index (χ1v) is 8.72. The van der Waals surface area contributed by atoms with Crippen LogP contribution in [0.2, 0.25) is 5.02 Å². The molecule has 20 heavy (non-hydrogen) atoms. The van der Waals surface area contributed by atoms with Gasteiger partial charge in [-0.05, 0) is 42.8 Å². The van der Waals surface area contributed by atoms with Crippen LogP contribution in [0.3, 0.4) is 0 Å². The number of sulfonamides is 1. The molecule has 0 unspecified atom stereocenters. The average molecular weight is 331 g/mol. The van der Waals surface area contributed by atoms with Crippen LogP contribution >= 0.6 is 22.9 Å². The second-order valence-corrected chi connectivity index (χ2v) is 7.81. The summed E-state index contributed by atoms with van der Waals surface area (Å²) in [6.07, 6.45) is 0.692. The van der Waals surface area contributed by atoms with E-state index in [0.717, 1.165) is 10.4 Å². The Morgan fingerprint density at radius 2 is 1.85 bits per heavy atom. The van der Waals surface area contributed by atoms with Crippen molar-refractivity contribution in [1.82, 2.24) is 4.72 Å². The minimum absolute atomic E-state index is 0.240. The summed E-state index contributed by atoms with van der Waals surface area (Å²) in [4.78, 5) is 0.972. The van der Waals surface area contributed by atoms with Crippen LogP contribution in [0.4, 0.5) is 0 Å². The SMILES string of the molecule is NCCc1ccc(S(=O)(=O)NCc2ccc(Cl)cc2)s1. The van der Waals surface area contributed by atoms with Gasteiger partial charge in [0.25, 0.3) is 0 Å². The molecular formula is C13H15ClN2O2S2. The summed E-state index contributed by atoms with van der Waals surface area (Å²) in [5, 5.41) is 0.626. The Kier molecular flexibility index (Phi) is 5.17. The molecule has 0 aliphatic carbocycles. The van der Waals surface area contributed by atoms with E-state index in [4.69, 9.17) is 17.3 Å². The first kappa shape index (κ1) is 15.5. The number of benzene rings is 1. The van der Waals surface area contributed by atoms with Gasteiger partial charge in [-0.3, -0.25) is 0 Å².